The highest BCUT2D eigenvalue weighted by Crippen LogP contribution is 2.44. The fraction of sp³-hybridized carbons (Fsp3) is 0.700. The van der Waals surface area contributed by atoms with E-state index in [1.807, 2.05) is 20.8 Å². The molecule has 25 heavy (non-hydrogen) atoms. The van der Waals surface area contributed by atoms with E-state index in [9.17, 15) is 9.59 Å². The first-order valence-electron chi connectivity index (χ1n) is 9.25. The smallest absolute Gasteiger partial charge is 0.341 e. The van der Waals surface area contributed by atoms with Gasteiger partial charge < -0.3 is 10.1 Å². The lowest BCUT2D eigenvalue weighted by atomic mass is 9.72. The predicted octanol–water partition coefficient (Wildman–Crippen LogP) is 5.06. The Morgan fingerprint density at radius 1 is 1.32 bits per heavy atom. The monoisotopic (exact) mass is 365 g/mol. The zero-order valence-corrected chi connectivity index (χ0v) is 17.1. The molecule has 1 atom stereocenters. The Kier molecular flexibility index (Phi) is 6.30. The van der Waals surface area contributed by atoms with Crippen molar-refractivity contribution in [2.45, 2.75) is 67.2 Å². The lowest BCUT2D eigenvalue weighted by Crippen LogP contribution is -2.26. The minimum Gasteiger partial charge on any atom is -0.462 e. The van der Waals surface area contributed by atoms with Crippen molar-refractivity contribution in [2.24, 2.45) is 17.3 Å². The molecular weight excluding hydrogens is 334 g/mol. The summed E-state index contributed by atoms with van der Waals surface area (Å²) in [7, 11) is 0. The van der Waals surface area contributed by atoms with E-state index in [1.54, 1.807) is 11.3 Å². The second-order valence-corrected chi connectivity index (χ2v) is 9.49. The van der Waals surface area contributed by atoms with E-state index in [0.29, 0.717) is 29.5 Å². The summed E-state index contributed by atoms with van der Waals surface area (Å²) in [5.74, 6) is 0.527. The molecule has 0 aromatic carbocycles. The van der Waals surface area contributed by atoms with Crippen molar-refractivity contribution in [2.75, 3.05) is 11.9 Å². The molecular formula is C20H31NO3S. The van der Waals surface area contributed by atoms with Gasteiger partial charge in [-0.2, -0.15) is 0 Å². The van der Waals surface area contributed by atoms with Crippen LogP contribution in [0.4, 0.5) is 5.00 Å². The van der Waals surface area contributed by atoms with E-state index in [-0.39, 0.29) is 23.2 Å². The lowest BCUT2D eigenvalue weighted by molar-refractivity contribution is -0.116. The molecule has 1 aliphatic rings. The summed E-state index contributed by atoms with van der Waals surface area (Å²) < 4.78 is 5.27. The molecule has 0 fully saturated rings. The van der Waals surface area contributed by atoms with Gasteiger partial charge in [-0.25, -0.2) is 4.79 Å². The number of hydrogen-bond donors (Lipinski definition) is 1. The van der Waals surface area contributed by atoms with Gasteiger partial charge in [-0.1, -0.05) is 34.6 Å². The third kappa shape index (κ3) is 4.84. The van der Waals surface area contributed by atoms with E-state index < -0.39 is 0 Å². The fourth-order valence-corrected chi connectivity index (χ4v) is 4.71. The Morgan fingerprint density at radius 2 is 2.00 bits per heavy atom. The van der Waals surface area contributed by atoms with Gasteiger partial charge in [0.25, 0.3) is 0 Å². The molecule has 1 aromatic rings. The largest absolute Gasteiger partial charge is 0.462 e. The van der Waals surface area contributed by atoms with Crippen LogP contribution in [0.5, 0.6) is 0 Å². The molecule has 0 radical (unpaired) electrons. The average Bonchev–Trinajstić information content (AvgIpc) is 2.82. The Hall–Kier alpha value is -1.36. The van der Waals surface area contributed by atoms with Gasteiger partial charge >= 0.3 is 5.97 Å². The number of esters is 1. The molecule has 140 valence electrons. The molecule has 5 heteroatoms. The lowest BCUT2D eigenvalue weighted by Gasteiger charge is -2.33. The Labute approximate surface area is 155 Å². The van der Waals surface area contributed by atoms with Crippen LogP contribution in [0.25, 0.3) is 0 Å². The quantitative estimate of drug-likeness (QED) is 0.742. The Bertz CT molecular complexity index is 640. The minimum atomic E-state index is -0.311. The maximum absolute atomic E-state index is 12.5. The fourth-order valence-electron chi connectivity index (χ4n) is 3.38. The van der Waals surface area contributed by atoms with Gasteiger partial charge in [-0.3, -0.25) is 4.79 Å². The van der Waals surface area contributed by atoms with E-state index >= 15 is 0 Å². The highest BCUT2D eigenvalue weighted by Gasteiger charge is 2.34. The van der Waals surface area contributed by atoms with E-state index in [2.05, 4.69) is 26.1 Å². The standard InChI is InChI=1S/C20H31NO3S/c1-7-24-19(23)17-14-9-8-13(20(4,5)6)11-15(14)25-18(17)21-16(22)10-12(2)3/h12-13H,7-11H2,1-6H3,(H,21,22)/t13-/m0/s1. The van der Waals surface area contributed by atoms with Crippen molar-refractivity contribution in [1.29, 1.82) is 0 Å². The van der Waals surface area contributed by atoms with Gasteiger partial charge in [0, 0.05) is 11.3 Å². The maximum Gasteiger partial charge on any atom is 0.341 e. The molecule has 0 unspecified atom stereocenters. The van der Waals surface area contributed by atoms with Crippen molar-refractivity contribution >= 4 is 28.2 Å². The van der Waals surface area contributed by atoms with Crippen LogP contribution >= 0.6 is 11.3 Å². The van der Waals surface area contributed by atoms with Gasteiger partial charge in [0.05, 0.1) is 12.2 Å². The number of amides is 1. The summed E-state index contributed by atoms with van der Waals surface area (Å²) in [6, 6.07) is 0. The summed E-state index contributed by atoms with van der Waals surface area (Å²) in [5.41, 5.74) is 1.92. The molecule has 1 aliphatic carbocycles. The number of ether oxygens (including phenoxy) is 1. The summed E-state index contributed by atoms with van der Waals surface area (Å²) >= 11 is 1.56. The molecule has 0 saturated heterocycles. The molecule has 0 spiro atoms. The second kappa shape index (κ2) is 7.90. The predicted molar refractivity (Wildman–Crippen MR) is 103 cm³/mol. The van der Waals surface area contributed by atoms with Crippen molar-refractivity contribution in [1.82, 2.24) is 0 Å². The van der Waals surface area contributed by atoms with Crippen molar-refractivity contribution in [3.63, 3.8) is 0 Å². The molecule has 1 aromatic heterocycles. The third-order valence-corrected chi connectivity index (χ3v) is 5.99. The van der Waals surface area contributed by atoms with E-state index in [1.165, 1.54) is 4.88 Å². The summed E-state index contributed by atoms with van der Waals surface area (Å²) in [4.78, 5) is 26.0. The van der Waals surface area contributed by atoms with Gasteiger partial charge in [0.15, 0.2) is 0 Å². The van der Waals surface area contributed by atoms with Crippen LogP contribution in [0.3, 0.4) is 0 Å². The van der Waals surface area contributed by atoms with Gasteiger partial charge in [-0.05, 0) is 49.0 Å². The summed E-state index contributed by atoms with van der Waals surface area (Å²) in [6.07, 6.45) is 3.37. The Morgan fingerprint density at radius 3 is 2.56 bits per heavy atom. The number of rotatable bonds is 5. The van der Waals surface area contributed by atoms with Crippen molar-refractivity contribution < 1.29 is 14.3 Å². The van der Waals surface area contributed by atoms with Gasteiger partial charge in [-0.15, -0.1) is 11.3 Å². The average molecular weight is 366 g/mol. The second-order valence-electron chi connectivity index (χ2n) is 8.38. The van der Waals surface area contributed by atoms with Crippen LogP contribution in [0, 0.1) is 17.3 Å². The first-order chi connectivity index (χ1) is 11.6. The van der Waals surface area contributed by atoms with Crippen LogP contribution in [0.2, 0.25) is 0 Å². The third-order valence-electron chi connectivity index (χ3n) is 4.82. The number of carbonyl (C=O) groups excluding carboxylic acids is 2. The van der Waals surface area contributed by atoms with Gasteiger partial charge in [0.2, 0.25) is 5.91 Å². The van der Waals surface area contributed by atoms with Crippen LogP contribution in [-0.4, -0.2) is 18.5 Å². The molecule has 4 nitrogen and oxygen atoms in total. The molecule has 0 aliphatic heterocycles. The first kappa shape index (κ1) is 20.0. The van der Waals surface area contributed by atoms with E-state index in [4.69, 9.17) is 4.74 Å². The van der Waals surface area contributed by atoms with Crippen molar-refractivity contribution in [3.05, 3.63) is 16.0 Å². The number of hydrogen-bond acceptors (Lipinski definition) is 4. The normalized spacial score (nSPS) is 17.3. The molecule has 1 heterocycles. The molecule has 0 saturated carbocycles. The van der Waals surface area contributed by atoms with Crippen LogP contribution < -0.4 is 5.32 Å². The summed E-state index contributed by atoms with van der Waals surface area (Å²) in [5, 5.41) is 3.64. The zero-order chi connectivity index (χ0) is 18.8. The summed E-state index contributed by atoms with van der Waals surface area (Å²) in [6.45, 7) is 13.0. The van der Waals surface area contributed by atoms with Crippen molar-refractivity contribution in [3.8, 4) is 0 Å². The highest BCUT2D eigenvalue weighted by molar-refractivity contribution is 7.17. The maximum atomic E-state index is 12.5. The number of fused-ring (bicyclic) bond motifs is 1. The minimum absolute atomic E-state index is 0.0356. The first-order valence-corrected chi connectivity index (χ1v) is 10.1. The molecule has 0 bridgehead atoms. The molecule has 1 amide bonds. The molecule has 1 N–H and O–H groups in total. The zero-order valence-electron chi connectivity index (χ0n) is 16.3. The Balaban J connectivity index is 2.34. The SMILES string of the molecule is CCOC(=O)c1c(NC(=O)CC(C)C)sc2c1CC[C@H](C(C)(C)C)C2. The highest BCUT2D eigenvalue weighted by atomic mass is 32.1. The van der Waals surface area contributed by atoms with Crippen LogP contribution in [0.15, 0.2) is 0 Å². The van der Waals surface area contributed by atoms with E-state index in [0.717, 1.165) is 24.8 Å². The number of thiophene rings is 1. The topological polar surface area (TPSA) is 55.4 Å². The number of carbonyl (C=O) groups is 2. The van der Waals surface area contributed by atoms with Gasteiger partial charge in [0.1, 0.15) is 5.00 Å². The number of anilines is 1. The number of nitrogens with one attached hydrogen (secondary N) is 1. The molecule has 2 rings (SSSR count). The van der Waals surface area contributed by atoms with Crippen LogP contribution in [0.1, 0.15) is 75.2 Å². The van der Waals surface area contributed by atoms with Crippen LogP contribution in [-0.2, 0) is 22.4 Å².